The predicted octanol–water partition coefficient (Wildman–Crippen LogP) is 2.90. The minimum Gasteiger partial charge on any atom is -0.478 e. The van der Waals surface area contributed by atoms with E-state index >= 15 is 0 Å². The van der Waals surface area contributed by atoms with Crippen LogP contribution in [0.1, 0.15) is 40.5 Å². The van der Waals surface area contributed by atoms with Gasteiger partial charge in [-0.2, -0.15) is 0 Å². The van der Waals surface area contributed by atoms with Gasteiger partial charge in [0.15, 0.2) is 5.82 Å². The van der Waals surface area contributed by atoms with Crippen LogP contribution < -0.4 is 0 Å². The fourth-order valence-corrected chi connectivity index (χ4v) is 3.50. The molecule has 0 bridgehead atoms. The summed E-state index contributed by atoms with van der Waals surface area (Å²) in [7, 11) is 0. The van der Waals surface area contributed by atoms with Gasteiger partial charge in [0.05, 0.1) is 29.7 Å². The number of aromatic amines is 1. The second-order valence-electron chi connectivity index (χ2n) is 6.36. The van der Waals surface area contributed by atoms with E-state index in [1.807, 2.05) is 12.1 Å². The molecule has 1 aliphatic rings. The third-order valence-electron chi connectivity index (χ3n) is 4.72. The fourth-order valence-electron chi connectivity index (χ4n) is 3.50. The largest absolute Gasteiger partial charge is 0.478 e. The van der Waals surface area contributed by atoms with Crippen LogP contribution in [0.4, 0.5) is 0 Å². The number of benzene rings is 1. The first-order valence-corrected chi connectivity index (χ1v) is 8.59. The van der Waals surface area contributed by atoms with Crippen LogP contribution in [-0.2, 0) is 6.54 Å². The lowest BCUT2D eigenvalue weighted by Gasteiger charge is -2.24. The second kappa shape index (κ2) is 7.05. The van der Waals surface area contributed by atoms with Crippen molar-refractivity contribution in [1.82, 2.24) is 24.8 Å². The molecule has 3 aromatic rings. The third kappa shape index (κ3) is 3.21. The molecule has 2 aromatic heterocycles. The Bertz CT molecular complexity index is 910. The summed E-state index contributed by atoms with van der Waals surface area (Å²) in [6, 6.07) is 7.29. The Labute approximate surface area is 150 Å². The van der Waals surface area contributed by atoms with Crippen LogP contribution in [0.5, 0.6) is 0 Å². The first kappa shape index (κ1) is 16.4. The molecule has 4 rings (SSSR count). The van der Waals surface area contributed by atoms with Crippen LogP contribution in [0.25, 0.3) is 11.5 Å². The van der Waals surface area contributed by atoms with Gasteiger partial charge in [0.25, 0.3) is 0 Å². The van der Waals surface area contributed by atoms with Gasteiger partial charge < -0.3 is 10.1 Å². The molecule has 0 unspecified atom stereocenters. The molecule has 1 saturated heterocycles. The molecule has 3 heterocycles. The number of H-pyrrole nitrogens is 1. The quantitative estimate of drug-likeness (QED) is 0.735. The maximum Gasteiger partial charge on any atom is 0.336 e. The highest BCUT2D eigenvalue weighted by Gasteiger charge is 2.28. The molecule has 0 radical (unpaired) electrons. The van der Waals surface area contributed by atoms with Gasteiger partial charge in [-0.15, -0.1) is 0 Å². The lowest BCUT2D eigenvalue weighted by molar-refractivity contribution is 0.0694. The van der Waals surface area contributed by atoms with E-state index in [9.17, 15) is 9.90 Å². The van der Waals surface area contributed by atoms with E-state index in [-0.39, 0.29) is 6.04 Å². The van der Waals surface area contributed by atoms with Crippen LogP contribution >= 0.6 is 0 Å². The highest BCUT2D eigenvalue weighted by atomic mass is 16.4. The zero-order chi connectivity index (χ0) is 17.9. The number of hydrogen-bond donors (Lipinski definition) is 2. The van der Waals surface area contributed by atoms with Gasteiger partial charge >= 0.3 is 5.97 Å². The number of nitrogens with zero attached hydrogens (tertiary/aromatic N) is 4. The summed E-state index contributed by atoms with van der Waals surface area (Å²) in [6.07, 6.45) is 8.96. The van der Waals surface area contributed by atoms with Gasteiger partial charge in [-0.3, -0.25) is 9.88 Å². The highest BCUT2D eigenvalue weighted by Crippen LogP contribution is 2.33. The van der Waals surface area contributed by atoms with Crippen molar-refractivity contribution in [3.8, 4) is 11.5 Å². The summed E-state index contributed by atoms with van der Waals surface area (Å²) in [5, 5.41) is 9.41. The minimum absolute atomic E-state index is 0.124. The maximum atomic E-state index is 11.5. The van der Waals surface area contributed by atoms with Crippen LogP contribution in [0.15, 0.2) is 49.1 Å². The first-order valence-electron chi connectivity index (χ1n) is 8.59. The molecule has 2 N–H and O–H groups in total. The molecule has 7 heteroatoms. The van der Waals surface area contributed by atoms with E-state index in [4.69, 9.17) is 4.98 Å². The zero-order valence-electron chi connectivity index (χ0n) is 14.2. The Hall–Kier alpha value is -3.06. The number of likely N-dealkylation sites (tertiary alicyclic amines) is 1. The molecule has 26 heavy (non-hydrogen) atoms. The van der Waals surface area contributed by atoms with Crippen molar-refractivity contribution in [1.29, 1.82) is 0 Å². The van der Waals surface area contributed by atoms with Gasteiger partial charge in [0.1, 0.15) is 5.69 Å². The molecule has 1 aromatic carbocycles. The predicted molar refractivity (Wildman–Crippen MR) is 95.4 cm³/mol. The van der Waals surface area contributed by atoms with Gasteiger partial charge in [-0.05, 0) is 31.0 Å². The normalized spacial score (nSPS) is 17.5. The summed E-state index contributed by atoms with van der Waals surface area (Å²) < 4.78 is 0. The number of nitrogens with one attached hydrogen (secondary N) is 1. The Morgan fingerprint density at radius 1 is 1.31 bits per heavy atom. The minimum atomic E-state index is -0.893. The van der Waals surface area contributed by atoms with Crippen molar-refractivity contribution >= 4 is 5.97 Å². The lowest BCUT2D eigenvalue weighted by Crippen LogP contribution is -2.24. The molecule has 0 saturated carbocycles. The average Bonchev–Trinajstić information content (AvgIpc) is 3.34. The SMILES string of the molecule is O=C(O)c1ccccc1CN1CCC[C@@H]1c1cncc(-c2ncc[nH]2)n1. The number of hydrogen-bond acceptors (Lipinski definition) is 5. The van der Waals surface area contributed by atoms with Crippen molar-refractivity contribution in [2.75, 3.05) is 6.54 Å². The van der Waals surface area contributed by atoms with Crippen molar-refractivity contribution < 1.29 is 9.90 Å². The van der Waals surface area contributed by atoms with E-state index in [1.165, 1.54) is 0 Å². The molecule has 0 amide bonds. The molecule has 1 atom stereocenters. The van der Waals surface area contributed by atoms with E-state index in [0.29, 0.717) is 23.6 Å². The lowest BCUT2D eigenvalue weighted by atomic mass is 10.1. The van der Waals surface area contributed by atoms with E-state index in [1.54, 1.807) is 36.9 Å². The number of rotatable bonds is 5. The number of carboxylic acids is 1. The Morgan fingerprint density at radius 3 is 3.00 bits per heavy atom. The summed E-state index contributed by atoms with van der Waals surface area (Å²) in [5.74, 6) is -0.198. The van der Waals surface area contributed by atoms with E-state index in [2.05, 4.69) is 19.9 Å². The summed E-state index contributed by atoms with van der Waals surface area (Å²) in [4.78, 5) is 30.1. The number of aromatic nitrogens is 4. The smallest absolute Gasteiger partial charge is 0.336 e. The number of aromatic carboxylic acids is 1. The third-order valence-corrected chi connectivity index (χ3v) is 4.72. The Kier molecular flexibility index (Phi) is 4.45. The monoisotopic (exact) mass is 349 g/mol. The fraction of sp³-hybridized carbons (Fsp3) is 0.263. The Balaban J connectivity index is 1.60. The molecule has 7 nitrogen and oxygen atoms in total. The standard InChI is InChI=1S/C19H19N5O2/c25-19(26)14-5-2-1-4-13(14)12-24-9-3-6-17(24)15-10-20-11-16(23-15)18-21-7-8-22-18/h1-2,4-5,7-8,10-11,17H,3,6,9,12H2,(H,21,22)(H,25,26)/t17-/m1/s1. The summed E-state index contributed by atoms with van der Waals surface area (Å²) in [5.41, 5.74) is 2.78. The molecule has 1 aliphatic heterocycles. The highest BCUT2D eigenvalue weighted by molar-refractivity contribution is 5.89. The first-order chi connectivity index (χ1) is 12.7. The van der Waals surface area contributed by atoms with Crippen LogP contribution in [0.2, 0.25) is 0 Å². The van der Waals surface area contributed by atoms with Gasteiger partial charge in [0.2, 0.25) is 0 Å². The molecular weight excluding hydrogens is 330 g/mol. The molecule has 132 valence electrons. The van der Waals surface area contributed by atoms with Crippen molar-refractivity contribution in [2.24, 2.45) is 0 Å². The summed E-state index contributed by atoms with van der Waals surface area (Å²) >= 11 is 0. The van der Waals surface area contributed by atoms with Gasteiger partial charge in [-0.1, -0.05) is 18.2 Å². The average molecular weight is 349 g/mol. The zero-order valence-corrected chi connectivity index (χ0v) is 14.2. The van der Waals surface area contributed by atoms with Crippen molar-refractivity contribution in [3.05, 3.63) is 65.9 Å². The van der Waals surface area contributed by atoms with Gasteiger partial charge in [0, 0.05) is 18.9 Å². The van der Waals surface area contributed by atoms with Crippen LogP contribution in [-0.4, -0.2) is 42.5 Å². The topological polar surface area (TPSA) is 95.0 Å². The van der Waals surface area contributed by atoms with E-state index in [0.717, 1.165) is 30.6 Å². The Morgan fingerprint density at radius 2 is 2.19 bits per heavy atom. The molecule has 0 spiro atoms. The second-order valence-corrected chi connectivity index (χ2v) is 6.36. The van der Waals surface area contributed by atoms with E-state index < -0.39 is 5.97 Å². The number of imidazole rings is 1. The molecule has 0 aliphatic carbocycles. The van der Waals surface area contributed by atoms with Crippen LogP contribution in [0.3, 0.4) is 0 Å². The molecular formula is C19H19N5O2. The van der Waals surface area contributed by atoms with Gasteiger partial charge in [-0.25, -0.2) is 14.8 Å². The number of carbonyl (C=O) groups is 1. The maximum absolute atomic E-state index is 11.5. The molecule has 1 fully saturated rings. The van der Waals surface area contributed by atoms with Crippen molar-refractivity contribution in [3.63, 3.8) is 0 Å². The van der Waals surface area contributed by atoms with Crippen molar-refractivity contribution in [2.45, 2.75) is 25.4 Å². The summed E-state index contributed by atoms with van der Waals surface area (Å²) in [6.45, 7) is 1.49. The number of carboxylic acid groups (broad SMARTS) is 1. The van der Waals surface area contributed by atoms with Crippen LogP contribution in [0, 0.1) is 0 Å².